The van der Waals surface area contributed by atoms with Crippen molar-refractivity contribution in [2.75, 3.05) is 64.4 Å². The zero-order valence-electron chi connectivity index (χ0n) is 18.1. The van der Waals surface area contributed by atoms with Crippen LogP contribution in [0.4, 0.5) is 11.5 Å². The maximum atomic E-state index is 11.2. The Balaban J connectivity index is 1.92. The summed E-state index contributed by atoms with van der Waals surface area (Å²) >= 11 is 1.43. The number of anilines is 2. The molecule has 0 aliphatic carbocycles. The largest absolute Gasteiger partial charge is 0.398 e. The van der Waals surface area contributed by atoms with E-state index in [1.807, 2.05) is 18.2 Å². The fraction of sp³-hybridized carbons (Fsp3) is 0.409. The van der Waals surface area contributed by atoms with Gasteiger partial charge in [-0.3, -0.25) is 0 Å². The van der Waals surface area contributed by atoms with Crippen LogP contribution in [0.25, 0.3) is 21.6 Å². The summed E-state index contributed by atoms with van der Waals surface area (Å²) in [7, 11) is 3.09. The third-order valence-corrected chi connectivity index (χ3v) is 6.73. The minimum absolute atomic E-state index is 0.0913. The Morgan fingerprint density at radius 3 is 2.62 bits per heavy atom. The number of fused-ring (bicyclic) bond motifs is 1. The number of nitrogens with one attached hydrogen (secondary N) is 1. The second-order valence-electron chi connectivity index (χ2n) is 7.65. The number of hydrogen-bond donors (Lipinski definition) is 3. The van der Waals surface area contributed by atoms with E-state index in [9.17, 15) is 5.11 Å². The van der Waals surface area contributed by atoms with Gasteiger partial charge in [-0.25, -0.2) is 9.97 Å². The fourth-order valence-electron chi connectivity index (χ4n) is 3.85. The van der Waals surface area contributed by atoms with Crippen LogP contribution in [0.5, 0.6) is 0 Å². The zero-order valence-corrected chi connectivity index (χ0v) is 18.9. The third-order valence-electron chi connectivity index (χ3n) is 5.41. The number of thiophene rings is 1. The summed E-state index contributed by atoms with van der Waals surface area (Å²) in [5.41, 5.74) is 7.27. The molecule has 0 atom stereocenters. The highest BCUT2D eigenvalue weighted by Gasteiger charge is 2.33. The second-order valence-corrected chi connectivity index (χ2v) is 8.70. The van der Waals surface area contributed by atoms with Crippen molar-refractivity contribution >= 4 is 39.3 Å². The van der Waals surface area contributed by atoms with Gasteiger partial charge in [-0.05, 0) is 12.1 Å². The molecule has 0 spiro atoms. The number of nitrogens with two attached hydrogens (primary N) is 1. The van der Waals surface area contributed by atoms with Crippen LogP contribution in [-0.2, 0) is 19.8 Å². The van der Waals surface area contributed by atoms with Gasteiger partial charge in [0.15, 0.2) is 11.6 Å². The molecular weight excluding hydrogens is 430 g/mol. The first-order valence-corrected chi connectivity index (χ1v) is 11.1. The Bertz CT molecular complexity index is 1110. The molecule has 0 amide bonds. The molecule has 1 aromatic carbocycles. The lowest BCUT2D eigenvalue weighted by Gasteiger charge is -2.28. The summed E-state index contributed by atoms with van der Waals surface area (Å²) in [6.07, 6.45) is 1.22. The lowest BCUT2D eigenvalue weighted by Crippen LogP contribution is -2.37. The lowest BCUT2D eigenvalue weighted by molar-refractivity contribution is -0.0799. The molecular formula is C22H27N5O4S. The van der Waals surface area contributed by atoms with Gasteiger partial charge in [0, 0.05) is 55.2 Å². The molecule has 1 fully saturated rings. The molecule has 4 rings (SSSR count). The molecule has 0 radical (unpaired) electrons. The molecule has 9 nitrogen and oxygen atoms in total. The second kappa shape index (κ2) is 9.47. The molecule has 1 aliphatic heterocycles. The van der Waals surface area contributed by atoms with Crippen LogP contribution in [0.3, 0.4) is 0 Å². The van der Waals surface area contributed by atoms with E-state index in [-0.39, 0.29) is 13.2 Å². The number of nitrogen functional groups attached to an aromatic ring is 1. The number of aliphatic hydroxyl groups is 1. The molecule has 1 aliphatic rings. The van der Waals surface area contributed by atoms with E-state index in [1.165, 1.54) is 17.6 Å². The molecule has 170 valence electrons. The first-order valence-electron chi connectivity index (χ1n) is 10.2. The molecule has 2 aromatic heterocycles. The Kier molecular flexibility index (Phi) is 6.68. The number of ether oxygens (including phenoxy) is 3. The normalized spacial score (nSPS) is 14.8. The maximum Gasteiger partial charge on any atom is 0.162 e. The topological polar surface area (TPSA) is 127 Å². The first-order chi connectivity index (χ1) is 15.5. The molecule has 1 saturated heterocycles. The molecule has 10 heteroatoms. The van der Waals surface area contributed by atoms with Gasteiger partial charge in [-0.15, -0.1) is 11.3 Å². The van der Waals surface area contributed by atoms with E-state index >= 15 is 0 Å². The third kappa shape index (κ3) is 4.19. The standard InChI is InChI=1S/C22H27N5O4S/c1-29-12-22(28,13-30-2)18-10-17-19(32-18)21(27-6-8-31-9-7-27)26-20(25-17)14-4-3-5-16(24)15(14)11-23/h3-5,10-11,23,28H,6-9,12-13,24H2,1-2H3. The average molecular weight is 458 g/mol. The zero-order chi connectivity index (χ0) is 22.7. The van der Waals surface area contributed by atoms with Crippen LogP contribution in [0.15, 0.2) is 24.3 Å². The van der Waals surface area contributed by atoms with Gasteiger partial charge in [0.25, 0.3) is 0 Å². The number of morpholine rings is 1. The molecule has 3 heterocycles. The van der Waals surface area contributed by atoms with Gasteiger partial charge >= 0.3 is 0 Å². The van der Waals surface area contributed by atoms with E-state index < -0.39 is 5.60 Å². The minimum atomic E-state index is -1.30. The van der Waals surface area contributed by atoms with Crippen LogP contribution < -0.4 is 10.6 Å². The van der Waals surface area contributed by atoms with E-state index in [0.717, 1.165) is 10.5 Å². The molecule has 0 unspecified atom stereocenters. The SMILES string of the molecule is COCC(O)(COC)c1cc2nc(-c3cccc(N)c3C=N)nc(N3CCOCC3)c2s1. The summed E-state index contributed by atoms with van der Waals surface area (Å²) < 4.78 is 16.9. The van der Waals surface area contributed by atoms with Gasteiger partial charge in [0.05, 0.1) is 36.6 Å². The highest BCUT2D eigenvalue weighted by atomic mass is 32.1. The number of benzene rings is 1. The van der Waals surface area contributed by atoms with Crippen molar-refractivity contribution in [3.05, 3.63) is 34.7 Å². The molecule has 4 N–H and O–H groups in total. The first kappa shape index (κ1) is 22.6. The van der Waals surface area contributed by atoms with Crippen molar-refractivity contribution in [1.29, 1.82) is 5.41 Å². The Morgan fingerprint density at radius 2 is 1.97 bits per heavy atom. The predicted octanol–water partition coefficient (Wildman–Crippen LogP) is 2.26. The smallest absolute Gasteiger partial charge is 0.162 e. The van der Waals surface area contributed by atoms with Gasteiger partial charge in [-0.2, -0.15) is 0 Å². The average Bonchev–Trinajstić information content (AvgIpc) is 3.24. The van der Waals surface area contributed by atoms with Crippen LogP contribution in [0, 0.1) is 5.41 Å². The number of aromatic nitrogens is 2. The summed E-state index contributed by atoms with van der Waals surface area (Å²) in [4.78, 5) is 12.6. The van der Waals surface area contributed by atoms with Gasteiger partial charge < -0.3 is 35.4 Å². The van der Waals surface area contributed by atoms with Crippen LogP contribution in [0.1, 0.15) is 10.4 Å². The molecule has 32 heavy (non-hydrogen) atoms. The monoisotopic (exact) mass is 457 g/mol. The number of nitrogens with zero attached hydrogens (tertiary/aromatic N) is 3. The summed E-state index contributed by atoms with van der Waals surface area (Å²) in [5, 5.41) is 19.0. The van der Waals surface area contributed by atoms with E-state index in [1.54, 1.807) is 20.3 Å². The van der Waals surface area contributed by atoms with Crippen molar-refractivity contribution in [3.8, 4) is 11.4 Å². The summed E-state index contributed by atoms with van der Waals surface area (Å²) in [5.74, 6) is 1.26. The predicted molar refractivity (Wildman–Crippen MR) is 126 cm³/mol. The molecule has 0 bridgehead atoms. The Labute approximate surface area is 190 Å². The Morgan fingerprint density at radius 1 is 1.25 bits per heavy atom. The van der Waals surface area contributed by atoms with Crippen LogP contribution in [-0.4, -0.2) is 75.0 Å². The van der Waals surface area contributed by atoms with E-state index in [4.69, 9.17) is 35.3 Å². The van der Waals surface area contributed by atoms with Crippen LogP contribution in [0.2, 0.25) is 0 Å². The number of methoxy groups -OCH3 is 2. The van der Waals surface area contributed by atoms with Crippen molar-refractivity contribution in [3.63, 3.8) is 0 Å². The van der Waals surface area contributed by atoms with Crippen LogP contribution >= 0.6 is 11.3 Å². The van der Waals surface area contributed by atoms with E-state index in [0.29, 0.717) is 59.3 Å². The van der Waals surface area contributed by atoms with Crippen molar-refractivity contribution in [2.45, 2.75) is 5.60 Å². The fourth-order valence-corrected chi connectivity index (χ4v) is 5.03. The number of hydrogen-bond acceptors (Lipinski definition) is 10. The highest BCUT2D eigenvalue weighted by Crippen LogP contribution is 2.39. The molecule has 3 aromatic rings. The minimum Gasteiger partial charge on any atom is -0.398 e. The van der Waals surface area contributed by atoms with Crippen molar-refractivity contribution in [1.82, 2.24) is 9.97 Å². The quantitative estimate of drug-likeness (QED) is 0.347. The van der Waals surface area contributed by atoms with Gasteiger partial charge in [0.2, 0.25) is 0 Å². The summed E-state index contributed by atoms with van der Waals surface area (Å²) in [6.45, 7) is 2.81. The van der Waals surface area contributed by atoms with Crippen molar-refractivity contribution < 1.29 is 19.3 Å². The lowest BCUT2D eigenvalue weighted by atomic mass is 10.0. The van der Waals surface area contributed by atoms with Crippen molar-refractivity contribution in [2.24, 2.45) is 0 Å². The van der Waals surface area contributed by atoms with E-state index in [2.05, 4.69) is 4.90 Å². The Hall–Kier alpha value is -2.63. The maximum absolute atomic E-state index is 11.2. The summed E-state index contributed by atoms with van der Waals surface area (Å²) in [6, 6.07) is 7.31. The molecule has 0 saturated carbocycles. The number of rotatable bonds is 8. The highest BCUT2D eigenvalue weighted by molar-refractivity contribution is 7.19. The van der Waals surface area contributed by atoms with Gasteiger partial charge in [-0.1, -0.05) is 12.1 Å². The van der Waals surface area contributed by atoms with Gasteiger partial charge in [0.1, 0.15) is 5.60 Å².